The molecule has 0 aliphatic heterocycles. The second-order valence-electron chi connectivity index (χ2n) is 19.3. The zero-order chi connectivity index (χ0) is 33.5. The molecule has 0 amide bonds. The fourth-order valence-electron chi connectivity index (χ4n) is 14.5. The second-order valence-corrected chi connectivity index (χ2v) is 19.3. The van der Waals surface area contributed by atoms with Crippen LogP contribution in [0.25, 0.3) is 0 Å². The SMILES string of the molecule is CC12CC3CC(C)(C1)CC(c1cc(Oc4ccc(N)c(O)c4)c(Oc4ccc(N)c(O)c4)cc1C14CC5CC(C)(CC(C)(C5)C1)C4)(C3)C2. The summed E-state index contributed by atoms with van der Waals surface area (Å²) < 4.78 is 13.4. The molecular formula is C42H52N2O4. The fourth-order valence-corrected chi connectivity index (χ4v) is 14.5. The largest absolute Gasteiger partial charge is 0.506 e. The summed E-state index contributed by atoms with van der Waals surface area (Å²) in [7, 11) is 0. The van der Waals surface area contributed by atoms with Gasteiger partial charge < -0.3 is 31.2 Å². The number of benzene rings is 3. The van der Waals surface area contributed by atoms with Gasteiger partial charge in [-0.3, -0.25) is 0 Å². The topological polar surface area (TPSA) is 111 Å². The van der Waals surface area contributed by atoms with Crippen molar-refractivity contribution in [3.63, 3.8) is 0 Å². The van der Waals surface area contributed by atoms with Crippen LogP contribution in [0.1, 0.15) is 116 Å². The maximum Gasteiger partial charge on any atom is 0.170 e. The van der Waals surface area contributed by atoms with Crippen LogP contribution in [0.4, 0.5) is 11.4 Å². The van der Waals surface area contributed by atoms with E-state index in [1.807, 2.05) is 0 Å². The molecule has 0 saturated heterocycles. The molecule has 8 aliphatic rings. The third-order valence-corrected chi connectivity index (χ3v) is 13.9. The Morgan fingerprint density at radius 3 is 1.19 bits per heavy atom. The van der Waals surface area contributed by atoms with Gasteiger partial charge in [0.05, 0.1) is 11.4 Å². The Morgan fingerprint density at radius 1 is 0.521 bits per heavy atom. The van der Waals surface area contributed by atoms with Gasteiger partial charge in [-0.2, -0.15) is 0 Å². The lowest BCUT2D eigenvalue weighted by Crippen LogP contribution is -2.59. The molecule has 8 bridgehead atoms. The van der Waals surface area contributed by atoms with E-state index in [2.05, 4.69) is 39.8 Å². The first-order chi connectivity index (χ1) is 22.6. The quantitative estimate of drug-likeness (QED) is 0.156. The molecule has 11 rings (SSSR count). The van der Waals surface area contributed by atoms with Crippen molar-refractivity contribution < 1.29 is 19.7 Å². The number of hydrogen-bond donors (Lipinski definition) is 4. The number of anilines is 2. The lowest BCUT2D eigenvalue weighted by molar-refractivity contribution is -0.118. The van der Waals surface area contributed by atoms with Gasteiger partial charge in [-0.1, -0.05) is 27.7 Å². The molecule has 8 fully saturated rings. The normalized spacial score (nSPS) is 40.3. The van der Waals surface area contributed by atoms with Crippen LogP contribution in [-0.4, -0.2) is 10.2 Å². The van der Waals surface area contributed by atoms with E-state index < -0.39 is 0 Å². The molecule has 48 heavy (non-hydrogen) atoms. The summed E-state index contributed by atoms with van der Waals surface area (Å²) in [5.74, 6) is 3.75. The number of phenolic OH excluding ortho intramolecular Hbond substituents is 2. The Kier molecular flexibility index (Phi) is 6.09. The van der Waals surface area contributed by atoms with Crippen LogP contribution in [0.5, 0.6) is 34.5 Å². The van der Waals surface area contributed by atoms with Crippen molar-refractivity contribution >= 4 is 11.4 Å². The van der Waals surface area contributed by atoms with Crippen molar-refractivity contribution in [3.05, 3.63) is 59.7 Å². The van der Waals surface area contributed by atoms with Gasteiger partial charge in [0.25, 0.3) is 0 Å². The summed E-state index contributed by atoms with van der Waals surface area (Å²) >= 11 is 0. The van der Waals surface area contributed by atoms with E-state index in [1.165, 1.54) is 88.2 Å². The fraction of sp³-hybridized carbons (Fsp3) is 0.571. The molecule has 4 unspecified atom stereocenters. The average Bonchev–Trinajstić information content (AvgIpc) is 2.94. The average molecular weight is 649 g/mol. The Morgan fingerprint density at radius 2 is 0.875 bits per heavy atom. The molecule has 4 atom stereocenters. The molecule has 3 aromatic rings. The summed E-state index contributed by atoms with van der Waals surface area (Å²) in [6, 6.07) is 14.8. The molecule has 3 aromatic carbocycles. The summed E-state index contributed by atoms with van der Waals surface area (Å²) in [4.78, 5) is 0. The first kappa shape index (κ1) is 30.5. The number of aromatic hydroxyl groups is 2. The second kappa shape index (κ2) is 9.57. The lowest BCUT2D eigenvalue weighted by atomic mass is 9.36. The zero-order valence-corrected chi connectivity index (χ0v) is 29.1. The monoisotopic (exact) mass is 648 g/mol. The minimum atomic E-state index is -0.00717. The van der Waals surface area contributed by atoms with E-state index in [0.29, 0.717) is 56.0 Å². The van der Waals surface area contributed by atoms with Crippen molar-refractivity contribution in [2.75, 3.05) is 11.5 Å². The minimum absolute atomic E-state index is 0.00717. The van der Waals surface area contributed by atoms with E-state index in [9.17, 15) is 10.2 Å². The van der Waals surface area contributed by atoms with Crippen LogP contribution >= 0.6 is 0 Å². The summed E-state index contributed by atoms with van der Waals surface area (Å²) in [6.07, 6.45) is 15.4. The molecule has 0 aromatic heterocycles. The summed E-state index contributed by atoms with van der Waals surface area (Å²) in [6.45, 7) is 10.3. The Bertz CT molecular complexity index is 1680. The van der Waals surface area contributed by atoms with E-state index in [1.54, 1.807) is 36.4 Å². The first-order valence-electron chi connectivity index (χ1n) is 18.3. The van der Waals surface area contributed by atoms with Crippen LogP contribution in [-0.2, 0) is 10.8 Å². The van der Waals surface area contributed by atoms with Crippen LogP contribution in [0.3, 0.4) is 0 Å². The van der Waals surface area contributed by atoms with Gasteiger partial charge >= 0.3 is 0 Å². The van der Waals surface area contributed by atoms with Crippen LogP contribution in [0, 0.1) is 33.5 Å². The molecule has 6 nitrogen and oxygen atoms in total. The summed E-state index contributed by atoms with van der Waals surface area (Å²) in [5, 5.41) is 21.0. The minimum Gasteiger partial charge on any atom is -0.506 e. The Labute approximate surface area is 285 Å². The van der Waals surface area contributed by atoms with Gasteiger partial charge in [0.15, 0.2) is 11.5 Å². The highest BCUT2D eigenvalue weighted by molar-refractivity contribution is 5.60. The van der Waals surface area contributed by atoms with Crippen LogP contribution < -0.4 is 20.9 Å². The Balaban J connectivity index is 1.27. The van der Waals surface area contributed by atoms with Crippen molar-refractivity contribution in [2.24, 2.45) is 33.5 Å². The molecule has 8 aliphatic carbocycles. The first-order valence-corrected chi connectivity index (χ1v) is 18.3. The highest BCUT2D eigenvalue weighted by Gasteiger charge is 2.64. The van der Waals surface area contributed by atoms with Crippen molar-refractivity contribution in [2.45, 2.75) is 116 Å². The number of nitrogens with two attached hydrogens (primary N) is 2. The Hall–Kier alpha value is -3.54. The zero-order valence-electron chi connectivity index (χ0n) is 29.1. The van der Waals surface area contributed by atoms with E-state index in [4.69, 9.17) is 20.9 Å². The molecule has 8 saturated carbocycles. The maximum absolute atomic E-state index is 10.5. The summed E-state index contributed by atoms with van der Waals surface area (Å²) in [5.41, 5.74) is 17.1. The number of rotatable bonds is 6. The molecule has 0 radical (unpaired) electrons. The number of nitrogen functional groups attached to an aromatic ring is 2. The molecule has 6 N–H and O–H groups in total. The van der Waals surface area contributed by atoms with Crippen LogP contribution in [0.15, 0.2) is 48.5 Å². The predicted octanol–water partition coefficient (Wildman–Crippen LogP) is 10.3. The van der Waals surface area contributed by atoms with Gasteiger partial charge in [-0.25, -0.2) is 0 Å². The van der Waals surface area contributed by atoms with Crippen LogP contribution in [0.2, 0.25) is 0 Å². The highest BCUT2D eigenvalue weighted by Crippen LogP contribution is 2.74. The van der Waals surface area contributed by atoms with Gasteiger partial charge in [0, 0.05) is 12.1 Å². The number of hydrogen-bond acceptors (Lipinski definition) is 6. The smallest absolute Gasteiger partial charge is 0.170 e. The number of phenols is 2. The lowest BCUT2D eigenvalue weighted by Gasteiger charge is -2.68. The third-order valence-electron chi connectivity index (χ3n) is 13.9. The molecule has 0 heterocycles. The predicted molar refractivity (Wildman–Crippen MR) is 190 cm³/mol. The van der Waals surface area contributed by atoms with Gasteiger partial charge in [-0.15, -0.1) is 0 Å². The van der Waals surface area contributed by atoms with E-state index in [-0.39, 0.29) is 22.3 Å². The van der Waals surface area contributed by atoms with Crippen molar-refractivity contribution in [3.8, 4) is 34.5 Å². The van der Waals surface area contributed by atoms with Crippen molar-refractivity contribution in [1.82, 2.24) is 0 Å². The highest BCUT2D eigenvalue weighted by atomic mass is 16.5. The van der Waals surface area contributed by atoms with Gasteiger partial charge in [-0.05, 0) is 169 Å². The standard InChI is InChI=1S/C42H52N2O4/c1-37-13-25-14-38(2,19-37)22-41(17-25,21-37)29-11-35(47-27-5-7-31(43)33(45)9-27)36(48-28-6-8-32(44)34(46)10-28)12-30(29)42-18-26-15-39(3,23-42)20-40(4,16-26)24-42/h5-12,25-26,45-46H,13-24,43-44H2,1-4H3. The molecule has 6 heteroatoms. The molecule has 254 valence electrons. The van der Waals surface area contributed by atoms with Gasteiger partial charge in [0.1, 0.15) is 23.0 Å². The molecule has 0 spiro atoms. The van der Waals surface area contributed by atoms with Gasteiger partial charge in [0.2, 0.25) is 0 Å². The third kappa shape index (κ3) is 4.71. The molecular weight excluding hydrogens is 596 g/mol. The van der Waals surface area contributed by atoms with E-state index in [0.717, 1.165) is 11.8 Å². The van der Waals surface area contributed by atoms with Crippen molar-refractivity contribution in [1.29, 1.82) is 0 Å². The van der Waals surface area contributed by atoms with E-state index >= 15 is 0 Å². The number of ether oxygens (including phenoxy) is 2. The maximum atomic E-state index is 10.5.